The third-order valence-corrected chi connectivity index (χ3v) is 5.83. The molecule has 0 saturated heterocycles. The number of hydrogen-bond acceptors (Lipinski definition) is 8. The van der Waals surface area contributed by atoms with Crippen LogP contribution >= 0.6 is 0 Å². The SMILES string of the molecule is CCCCC(CC)C(=O)OCC(O)CO.CCCCC(CC)C(=O)[O-].CCCCC(CC)C(=O)[O-]. The van der Waals surface area contributed by atoms with Gasteiger partial charge in [0, 0.05) is 11.9 Å². The van der Waals surface area contributed by atoms with Crippen LogP contribution in [-0.2, 0) is 19.1 Å². The quantitative estimate of drug-likeness (QED) is 0.271. The molecule has 0 radical (unpaired) electrons. The van der Waals surface area contributed by atoms with Crippen molar-refractivity contribution in [3.63, 3.8) is 0 Å². The maximum absolute atomic E-state index is 11.5. The number of aliphatic hydroxyl groups is 2. The van der Waals surface area contributed by atoms with Crippen LogP contribution in [0.4, 0.5) is 0 Å². The number of rotatable bonds is 18. The van der Waals surface area contributed by atoms with Gasteiger partial charge in [-0.3, -0.25) is 4.79 Å². The number of carboxylic acids is 2. The first-order valence-electron chi connectivity index (χ1n) is 13.5. The minimum Gasteiger partial charge on any atom is -0.550 e. The molecule has 210 valence electrons. The van der Waals surface area contributed by atoms with E-state index in [1.54, 1.807) is 0 Å². The molecule has 2 N–H and O–H groups in total. The minimum absolute atomic E-state index is 0.0733. The summed E-state index contributed by atoms with van der Waals surface area (Å²) in [5.74, 6) is -2.57. The molecular formula is C27H52O8-2. The van der Waals surface area contributed by atoms with E-state index in [1.165, 1.54) is 0 Å². The zero-order chi connectivity index (χ0) is 27.6. The van der Waals surface area contributed by atoms with Gasteiger partial charge in [0.05, 0.1) is 12.5 Å². The summed E-state index contributed by atoms with van der Waals surface area (Å²) in [4.78, 5) is 32.1. The number of carboxylic acid groups (broad SMARTS) is 2. The number of ether oxygens (including phenoxy) is 1. The average Bonchev–Trinajstić information content (AvgIpc) is 2.84. The molecule has 0 fully saturated rings. The Hall–Kier alpha value is -1.67. The maximum atomic E-state index is 11.5. The predicted molar refractivity (Wildman–Crippen MR) is 134 cm³/mol. The third-order valence-electron chi connectivity index (χ3n) is 5.83. The molecule has 8 nitrogen and oxygen atoms in total. The van der Waals surface area contributed by atoms with Crippen LogP contribution in [0.3, 0.4) is 0 Å². The van der Waals surface area contributed by atoms with Crippen molar-refractivity contribution in [3.8, 4) is 0 Å². The van der Waals surface area contributed by atoms with Crippen LogP contribution in [0.15, 0.2) is 0 Å². The Bertz CT molecular complexity index is 483. The van der Waals surface area contributed by atoms with Gasteiger partial charge in [-0.05, 0) is 50.4 Å². The Balaban J connectivity index is -0.000000454. The molecule has 0 aliphatic carbocycles. The van der Waals surface area contributed by atoms with Gasteiger partial charge in [0.1, 0.15) is 12.7 Å². The standard InChI is InChI=1S/C11H22O4.2C8H16O2/c1-3-5-6-9(4-2)11(14)15-8-10(13)7-12;2*1-3-5-6-7(4-2)8(9)10/h9-10,12-13H,3-8H2,1-2H3;2*7H,3-6H2,1-2H3,(H,9,10)/p-2. The molecule has 0 heterocycles. The van der Waals surface area contributed by atoms with Crippen LogP contribution in [0.2, 0.25) is 0 Å². The summed E-state index contributed by atoms with van der Waals surface area (Å²) in [5, 5.41) is 38.2. The molecule has 0 amide bonds. The van der Waals surface area contributed by atoms with E-state index in [4.69, 9.17) is 14.9 Å². The number of esters is 1. The van der Waals surface area contributed by atoms with Gasteiger partial charge in [0.25, 0.3) is 0 Å². The highest BCUT2D eigenvalue weighted by Crippen LogP contribution is 2.14. The van der Waals surface area contributed by atoms with Crippen molar-refractivity contribution in [1.82, 2.24) is 0 Å². The van der Waals surface area contributed by atoms with Gasteiger partial charge < -0.3 is 34.8 Å². The van der Waals surface area contributed by atoms with Crippen molar-refractivity contribution in [3.05, 3.63) is 0 Å². The second-order valence-corrected chi connectivity index (χ2v) is 8.85. The van der Waals surface area contributed by atoms with Gasteiger partial charge >= 0.3 is 5.97 Å². The zero-order valence-electron chi connectivity index (χ0n) is 23.1. The maximum Gasteiger partial charge on any atom is 0.309 e. The smallest absolute Gasteiger partial charge is 0.309 e. The fourth-order valence-electron chi connectivity index (χ4n) is 3.17. The molecule has 0 aromatic carbocycles. The van der Waals surface area contributed by atoms with Crippen molar-refractivity contribution >= 4 is 17.9 Å². The van der Waals surface area contributed by atoms with Crippen molar-refractivity contribution in [1.29, 1.82) is 0 Å². The van der Waals surface area contributed by atoms with E-state index in [0.717, 1.165) is 64.2 Å². The lowest BCUT2D eigenvalue weighted by Crippen LogP contribution is -2.30. The summed E-state index contributed by atoms with van der Waals surface area (Å²) < 4.78 is 4.90. The third kappa shape index (κ3) is 23.8. The normalized spacial score (nSPS) is 13.7. The average molecular weight is 505 g/mol. The summed E-state index contributed by atoms with van der Waals surface area (Å²) in [5.41, 5.74) is 0. The highest BCUT2D eigenvalue weighted by Gasteiger charge is 2.18. The van der Waals surface area contributed by atoms with Crippen molar-refractivity contribution in [2.75, 3.05) is 13.2 Å². The van der Waals surface area contributed by atoms with Gasteiger partial charge in [-0.1, -0.05) is 80.1 Å². The number of unbranched alkanes of at least 4 members (excludes halogenated alkanes) is 3. The van der Waals surface area contributed by atoms with E-state index in [2.05, 4.69) is 20.8 Å². The predicted octanol–water partition coefficient (Wildman–Crippen LogP) is 3.00. The van der Waals surface area contributed by atoms with Gasteiger partial charge in [-0.2, -0.15) is 0 Å². The molecule has 0 aromatic heterocycles. The number of aliphatic carboxylic acids is 2. The monoisotopic (exact) mass is 504 g/mol. The summed E-state index contributed by atoms with van der Waals surface area (Å²) in [7, 11) is 0. The number of hydrogen-bond donors (Lipinski definition) is 2. The van der Waals surface area contributed by atoms with Crippen LogP contribution in [0, 0.1) is 17.8 Å². The lowest BCUT2D eigenvalue weighted by atomic mass is 10.00. The van der Waals surface area contributed by atoms with E-state index in [1.807, 2.05) is 20.8 Å². The molecule has 0 bridgehead atoms. The highest BCUT2D eigenvalue weighted by molar-refractivity contribution is 5.72. The van der Waals surface area contributed by atoms with E-state index < -0.39 is 18.0 Å². The highest BCUT2D eigenvalue weighted by atomic mass is 16.5. The fraction of sp³-hybridized carbons (Fsp3) is 0.889. The number of carbonyl (C=O) groups excluding carboxylic acids is 3. The Kier molecular flexibility index (Phi) is 29.1. The molecule has 35 heavy (non-hydrogen) atoms. The molecule has 4 atom stereocenters. The summed E-state index contributed by atoms with van der Waals surface area (Å²) in [6.07, 6.45) is 9.74. The lowest BCUT2D eigenvalue weighted by molar-refractivity contribution is -0.313. The largest absolute Gasteiger partial charge is 0.550 e. The van der Waals surface area contributed by atoms with Crippen molar-refractivity contribution in [2.24, 2.45) is 17.8 Å². The fourth-order valence-corrected chi connectivity index (χ4v) is 3.17. The summed E-state index contributed by atoms with van der Waals surface area (Å²) in [6, 6.07) is 0. The minimum atomic E-state index is -0.961. The van der Waals surface area contributed by atoms with Crippen LogP contribution in [0.25, 0.3) is 0 Å². The van der Waals surface area contributed by atoms with Crippen molar-refractivity contribution < 1.29 is 39.5 Å². The molecule has 0 aliphatic heterocycles. The first kappa shape index (κ1) is 37.9. The number of aliphatic hydroxyl groups excluding tert-OH is 2. The van der Waals surface area contributed by atoms with Gasteiger partial charge in [0.15, 0.2) is 0 Å². The topological polar surface area (TPSA) is 147 Å². The van der Waals surface area contributed by atoms with E-state index in [9.17, 15) is 24.6 Å². The summed E-state index contributed by atoms with van der Waals surface area (Å²) in [6.45, 7) is 11.4. The van der Waals surface area contributed by atoms with Crippen LogP contribution in [0.1, 0.15) is 119 Å². The molecule has 0 saturated carbocycles. The first-order chi connectivity index (χ1) is 16.6. The van der Waals surface area contributed by atoms with Gasteiger partial charge in [0.2, 0.25) is 0 Å². The Morgan fingerprint density at radius 1 is 0.686 bits per heavy atom. The Labute approximate surface area is 213 Å². The van der Waals surface area contributed by atoms with Gasteiger partial charge in [-0.15, -0.1) is 0 Å². The second kappa shape index (κ2) is 26.9. The van der Waals surface area contributed by atoms with E-state index >= 15 is 0 Å². The lowest BCUT2D eigenvalue weighted by Gasteiger charge is -2.15. The van der Waals surface area contributed by atoms with Crippen LogP contribution in [-0.4, -0.2) is 47.4 Å². The summed E-state index contributed by atoms with van der Waals surface area (Å²) >= 11 is 0. The van der Waals surface area contributed by atoms with Crippen molar-refractivity contribution in [2.45, 2.75) is 125 Å². The molecule has 4 unspecified atom stereocenters. The van der Waals surface area contributed by atoms with E-state index in [-0.39, 0.29) is 36.9 Å². The van der Waals surface area contributed by atoms with Crippen LogP contribution in [0.5, 0.6) is 0 Å². The Morgan fingerprint density at radius 3 is 1.29 bits per heavy atom. The Morgan fingerprint density at radius 2 is 1.03 bits per heavy atom. The molecular weight excluding hydrogens is 452 g/mol. The molecule has 8 heteroatoms. The van der Waals surface area contributed by atoms with Gasteiger partial charge in [-0.25, -0.2) is 0 Å². The first-order valence-corrected chi connectivity index (χ1v) is 13.5. The number of carbonyl (C=O) groups is 3. The molecule has 0 aliphatic rings. The molecule has 0 rings (SSSR count). The zero-order valence-corrected chi connectivity index (χ0v) is 23.1. The molecule has 0 aromatic rings. The molecule has 0 spiro atoms. The van der Waals surface area contributed by atoms with Crippen LogP contribution < -0.4 is 10.2 Å². The second-order valence-electron chi connectivity index (χ2n) is 8.85. The van der Waals surface area contributed by atoms with E-state index in [0.29, 0.717) is 12.8 Å².